The van der Waals surface area contributed by atoms with Crippen LogP contribution in [0.2, 0.25) is 0 Å². The summed E-state index contributed by atoms with van der Waals surface area (Å²) in [7, 11) is 0. The molecule has 0 saturated heterocycles. The molecule has 8 heteroatoms. The zero-order chi connectivity index (χ0) is 18.9. The molecular weight excluding hydrogens is 330 g/mol. The average molecular weight is 362 g/mol. The van der Waals surface area contributed by atoms with Crippen molar-refractivity contribution in [2.45, 2.75) is 58.7 Å². The van der Waals surface area contributed by atoms with Crippen molar-refractivity contribution in [1.29, 1.82) is 0 Å². The van der Waals surface area contributed by atoms with Crippen LogP contribution in [0.25, 0.3) is 0 Å². The highest BCUT2D eigenvalue weighted by molar-refractivity contribution is 7.98. The van der Waals surface area contributed by atoms with Crippen LogP contribution in [0, 0.1) is 11.8 Å². The maximum atomic E-state index is 12.4. The van der Waals surface area contributed by atoms with Crippen molar-refractivity contribution in [1.82, 2.24) is 10.6 Å². The Morgan fingerprint density at radius 3 is 2.12 bits per heavy atom. The summed E-state index contributed by atoms with van der Waals surface area (Å²) < 4.78 is 0. The molecule has 4 unspecified atom stereocenters. The Labute approximate surface area is 148 Å². The molecule has 0 radical (unpaired) electrons. The van der Waals surface area contributed by atoms with Crippen LogP contribution < -0.4 is 16.4 Å². The van der Waals surface area contributed by atoms with E-state index in [1.807, 2.05) is 20.1 Å². The Bertz CT molecular complexity index is 432. The first kappa shape index (κ1) is 22.7. The second-order valence-corrected chi connectivity index (χ2v) is 7.31. The fourth-order valence-electron chi connectivity index (χ4n) is 2.05. The lowest BCUT2D eigenvalue weighted by atomic mass is 9.99. The molecular formula is C16H31N3O4S. The number of carboxylic acid groups (broad SMARTS) is 1. The number of carbonyl (C=O) groups excluding carboxylic acids is 2. The lowest BCUT2D eigenvalue weighted by Gasteiger charge is -2.25. The summed E-state index contributed by atoms with van der Waals surface area (Å²) in [6.07, 6.45) is 3.07. The summed E-state index contributed by atoms with van der Waals surface area (Å²) in [6.45, 7) is 7.25. The first-order valence-corrected chi connectivity index (χ1v) is 9.63. The Morgan fingerprint density at radius 2 is 1.71 bits per heavy atom. The van der Waals surface area contributed by atoms with Crippen LogP contribution in [-0.4, -0.2) is 53.0 Å². The smallest absolute Gasteiger partial charge is 0.326 e. The first-order chi connectivity index (χ1) is 11.1. The molecule has 0 aromatic rings. The Morgan fingerprint density at radius 1 is 1.12 bits per heavy atom. The number of hydrogen-bond donors (Lipinski definition) is 4. The van der Waals surface area contributed by atoms with E-state index in [2.05, 4.69) is 10.6 Å². The van der Waals surface area contributed by atoms with Crippen molar-refractivity contribution in [2.24, 2.45) is 17.6 Å². The van der Waals surface area contributed by atoms with Crippen LogP contribution in [-0.2, 0) is 14.4 Å². The summed E-state index contributed by atoms with van der Waals surface area (Å²) in [6, 6.07) is -2.48. The molecule has 0 bridgehead atoms. The summed E-state index contributed by atoms with van der Waals surface area (Å²) in [5, 5.41) is 14.4. The molecule has 0 fully saturated rings. The van der Waals surface area contributed by atoms with E-state index in [9.17, 15) is 19.5 Å². The predicted molar refractivity (Wildman–Crippen MR) is 96.8 cm³/mol. The van der Waals surface area contributed by atoms with Gasteiger partial charge < -0.3 is 21.5 Å². The molecule has 0 aliphatic heterocycles. The number of carboxylic acids is 1. The molecule has 0 heterocycles. The molecule has 0 spiro atoms. The number of hydrogen-bond acceptors (Lipinski definition) is 5. The van der Waals surface area contributed by atoms with E-state index in [1.54, 1.807) is 25.6 Å². The standard InChI is InChI=1S/C16H31N3O4S/c1-6-10(4)12(17)15(21)18-11(7-8-24-5)14(20)19-13(9(2)3)16(22)23/h9-13H,6-8,17H2,1-5H3,(H,18,21)(H,19,20)(H,22,23). The molecule has 24 heavy (non-hydrogen) atoms. The van der Waals surface area contributed by atoms with E-state index in [1.165, 1.54) is 0 Å². The first-order valence-electron chi connectivity index (χ1n) is 8.23. The lowest BCUT2D eigenvalue weighted by molar-refractivity contribution is -0.143. The van der Waals surface area contributed by atoms with E-state index in [4.69, 9.17) is 5.73 Å². The number of nitrogens with one attached hydrogen (secondary N) is 2. The Hall–Kier alpha value is -1.28. The maximum absolute atomic E-state index is 12.4. The fourth-order valence-corrected chi connectivity index (χ4v) is 2.52. The number of carbonyl (C=O) groups is 3. The van der Waals surface area contributed by atoms with E-state index >= 15 is 0 Å². The minimum absolute atomic E-state index is 0.00306. The highest BCUT2D eigenvalue weighted by Crippen LogP contribution is 2.08. The zero-order valence-corrected chi connectivity index (χ0v) is 16.0. The topological polar surface area (TPSA) is 122 Å². The molecule has 0 saturated carbocycles. The third-order valence-electron chi connectivity index (χ3n) is 4.03. The number of nitrogens with two attached hydrogens (primary N) is 1. The van der Waals surface area contributed by atoms with Crippen molar-refractivity contribution >= 4 is 29.5 Å². The summed E-state index contributed by atoms with van der Waals surface area (Å²) in [4.78, 5) is 35.9. The minimum atomic E-state index is -1.09. The van der Waals surface area contributed by atoms with Gasteiger partial charge in [0.15, 0.2) is 0 Å². The van der Waals surface area contributed by atoms with Crippen molar-refractivity contribution in [2.75, 3.05) is 12.0 Å². The van der Waals surface area contributed by atoms with Crippen molar-refractivity contribution in [3.05, 3.63) is 0 Å². The minimum Gasteiger partial charge on any atom is -0.480 e. The fraction of sp³-hybridized carbons (Fsp3) is 0.812. The number of aliphatic carboxylic acids is 1. The quantitative estimate of drug-likeness (QED) is 0.432. The van der Waals surface area contributed by atoms with Gasteiger partial charge in [0.25, 0.3) is 0 Å². The van der Waals surface area contributed by atoms with Crippen LogP contribution in [0.15, 0.2) is 0 Å². The van der Waals surface area contributed by atoms with Gasteiger partial charge in [0.1, 0.15) is 12.1 Å². The maximum Gasteiger partial charge on any atom is 0.326 e. The number of thioether (sulfide) groups is 1. The molecule has 0 aromatic carbocycles. The predicted octanol–water partition coefficient (Wildman–Crippen LogP) is 0.823. The molecule has 0 aliphatic rings. The number of rotatable bonds is 11. The van der Waals surface area contributed by atoms with Crippen LogP contribution in [0.4, 0.5) is 0 Å². The van der Waals surface area contributed by atoms with Gasteiger partial charge in [0.05, 0.1) is 6.04 Å². The van der Waals surface area contributed by atoms with Crippen LogP contribution in [0.3, 0.4) is 0 Å². The monoisotopic (exact) mass is 361 g/mol. The van der Waals surface area contributed by atoms with Gasteiger partial charge in [0.2, 0.25) is 11.8 Å². The van der Waals surface area contributed by atoms with Gasteiger partial charge in [-0.2, -0.15) is 11.8 Å². The Balaban J connectivity index is 5.01. The third kappa shape index (κ3) is 7.53. The lowest BCUT2D eigenvalue weighted by Crippen LogP contribution is -2.56. The largest absolute Gasteiger partial charge is 0.480 e. The van der Waals surface area contributed by atoms with E-state index in [-0.39, 0.29) is 17.7 Å². The molecule has 0 rings (SSSR count). The molecule has 2 amide bonds. The molecule has 0 aromatic heterocycles. The van der Waals surface area contributed by atoms with Crippen LogP contribution in [0.1, 0.15) is 40.5 Å². The second-order valence-electron chi connectivity index (χ2n) is 6.32. The van der Waals surface area contributed by atoms with Gasteiger partial charge in [-0.1, -0.05) is 34.1 Å². The SMILES string of the molecule is CCC(C)C(N)C(=O)NC(CCSC)C(=O)NC(C(=O)O)C(C)C. The summed E-state index contributed by atoms with van der Waals surface area (Å²) in [5.74, 6) is -1.57. The third-order valence-corrected chi connectivity index (χ3v) is 4.68. The zero-order valence-electron chi connectivity index (χ0n) is 15.2. The molecule has 5 N–H and O–H groups in total. The Kier molecular flexibility index (Phi) is 10.7. The average Bonchev–Trinajstić information content (AvgIpc) is 2.53. The molecule has 0 aliphatic carbocycles. The van der Waals surface area contributed by atoms with E-state index < -0.39 is 30.0 Å². The van der Waals surface area contributed by atoms with Gasteiger partial charge in [0, 0.05) is 0 Å². The van der Waals surface area contributed by atoms with Crippen molar-refractivity contribution < 1.29 is 19.5 Å². The highest BCUT2D eigenvalue weighted by Gasteiger charge is 2.30. The van der Waals surface area contributed by atoms with Gasteiger partial charge >= 0.3 is 5.97 Å². The van der Waals surface area contributed by atoms with Gasteiger partial charge in [-0.05, 0) is 30.3 Å². The van der Waals surface area contributed by atoms with E-state index in [0.717, 1.165) is 6.42 Å². The summed E-state index contributed by atoms with van der Waals surface area (Å²) >= 11 is 1.55. The van der Waals surface area contributed by atoms with Gasteiger partial charge in [-0.25, -0.2) is 4.79 Å². The molecule has 140 valence electrons. The van der Waals surface area contributed by atoms with Crippen LogP contribution >= 0.6 is 11.8 Å². The highest BCUT2D eigenvalue weighted by atomic mass is 32.2. The number of amides is 2. The van der Waals surface area contributed by atoms with E-state index in [0.29, 0.717) is 12.2 Å². The van der Waals surface area contributed by atoms with Gasteiger partial charge in [-0.3, -0.25) is 9.59 Å². The molecule has 7 nitrogen and oxygen atoms in total. The second kappa shape index (κ2) is 11.3. The molecule has 4 atom stereocenters. The van der Waals surface area contributed by atoms with Gasteiger partial charge in [-0.15, -0.1) is 0 Å². The van der Waals surface area contributed by atoms with Crippen molar-refractivity contribution in [3.63, 3.8) is 0 Å². The normalized spacial score (nSPS) is 16.1. The van der Waals surface area contributed by atoms with Crippen LogP contribution in [0.5, 0.6) is 0 Å². The summed E-state index contributed by atoms with van der Waals surface area (Å²) in [5.41, 5.74) is 5.90. The van der Waals surface area contributed by atoms with Crippen molar-refractivity contribution in [3.8, 4) is 0 Å².